The summed E-state index contributed by atoms with van der Waals surface area (Å²) in [7, 11) is 0. The van der Waals surface area contributed by atoms with Crippen LogP contribution < -0.4 is 0 Å². The predicted molar refractivity (Wildman–Crippen MR) is 94.2 cm³/mol. The van der Waals surface area contributed by atoms with E-state index in [0.29, 0.717) is 12.8 Å². The van der Waals surface area contributed by atoms with Gasteiger partial charge in [0.25, 0.3) is 0 Å². The summed E-state index contributed by atoms with van der Waals surface area (Å²) in [4.78, 5) is 12.4. The van der Waals surface area contributed by atoms with Crippen LogP contribution in [-0.4, -0.2) is 69.6 Å². The van der Waals surface area contributed by atoms with Crippen LogP contribution in [0.15, 0.2) is 23.3 Å². The molecule has 1 fully saturated rings. The first-order chi connectivity index (χ1) is 12.1. The van der Waals surface area contributed by atoms with Gasteiger partial charge in [-0.2, -0.15) is 0 Å². The summed E-state index contributed by atoms with van der Waals surface area (Å²) in [6.07, 6.45) is -2.48. The highest BCUT2D eigenvalue weighted by Crippen LogP contribution is 2.42. The molecule has 1 aliphatic heterocycles. The normalized spacial score (nSPS) is 38.0. The fraction of sp³-hybridized carbons (Fsp3) is 0.737. The van der Waals surface area contributed by atoms with E-state index in [2.05, 4.69) is 0 Å². The zero-order chi connectivity index (χ0) is 19.6. The SMILES string of the molecule is C/C=C/C(=O)C1=C(C)CC(O[C@@H]2O[C@H](CO)[C@@H](O)[C@H](O)[C@H]2O)CC1(C)C. The molecule has 2 rings (SSSR count). The maximum Gasteiger partial charge on any atom is 0.186 e. The van der Waals surface area contributed by atoms with Crippen LogP contribution in [-0.2, 0) is 14.3 Å². The molecule has 148 valence electrons. The number of hydrogen-bond acceptors (Lipinski definition) is 7. The lowest BCUT2D eigenvalue weighted by Crippen LogP contribution is -2.59. The van der Waals surface area contributed by atoms with Gasteiger partial charge in [-0.05, 0) is 38.2 Å². The number of ether oxygens (including phenoxy) is 2. The van der Waals surface area contributed by atoms with Crippen molar-refractivity contribution in [2.45, 2.75) is 77.3 Å². The molecule has 0 aromatic carbocycles. The van der Waals surface area contributed by atoms with Crippen molar-refractivity contribution in [3.63, 3.8) is 0 Å². The maximum atomic E-state index is 12.4. The molecule has 0 radical (unpaired) electrons. The van der Waals surface area contributed by atoms with Crippen molar-refractivity contribution in [1.82, 2.24) is 0 Å². The molecule has 0 amide bonds. The summed E-state index contributed by atoms with van der Waals surface area (Å²) in [6, 6.07) is 0. The molecule has 26 heavy (non-hydrogen) atoms. The van der Waals surface area contributed by atoms with Gasteiger partial charge < -0.3 is 29.9 Å². The lowest BCUT2D eigenvalue weighted by molar-refractivity contribution is -0.313. The fourth-order valence-electron chi connectivity index (χ4n) is 4.01. The third-order valence-electron chi connectivity index (χ3n) is 5.11. The van der Waals surface area contributed by atoms with Gasteiger partial charge in [0.15, 0.2) is 12.1 Å². The first-order valence-electron chi connectivity index (χ1n) is 8.95. The second-order valence-electron chi connectivity index (χ2n) is 7.77. The molecule has 1 aliphatic carbocycles. The molecule has 1 unspecified atom stereocenters. The Kier molecular flexibility index (Phi) is 6.76. The molecule has 6 atom stereocenters. The quantitative estimate of drug-likeness (QED) is 0.519. The topological polar surface area (TPSA) is 116 Å². The van der Waals surface area contributed by atoms with Gasteiger partial charge in [-0.3, -0.25) is 4.79 Å². The molecule has 0 saturated carbocycles. The van der Waals surface area contributed by atoms with Crippen LogP contribution in [0.5, 0.6) is 0 Å². The number of carbonyl (C=O) groups excluding carboxylic acids is 1. The minimum atomic E-state index is -1.47. The molecule has 4 N–H and O–H groups in total. The molecule has 0 spiro atoms. The highest BCUT2D eigenvalue weighted by molar-refractivity contribution is 6.05. The van der Waals surface area contributed by atoms with Crippen molar-refractivity contribution in [3.05, 3.63) is 23.3 Å². The number of rotatable bonds is 5. The van der Waals surface area contributed by atoms with E-state index in [9.17, 15) is 25.2 Å². The maximum absolute atomic E-state index is 12.4. The summed E-state index contributed by atoms with van der Waals surface area (Å²) >= 11 is 0. The van der Waals surface area contributed by atoms with E-state index >= 15 is 0 Å². The van der Waals surface area contributed by atoms with Crippen LogP contribution in [0.3, 0.4) is 0 Å². The number of carbonyl (C=O) groups is 1. The highest BCUT2D eigenvalue weighted by Gasteiger charge is 2.46. The Morgan fingerprint density at radius 2 is 1.92 bits per heavy atom. The Balaban J connectivity index is 2.15. The number of aliphatic hydroxyl groups excluding tert-OH is 4. The van der Waals surface area contributed by atoms with Gasteiger partial charge in [0.05, 0.1) is 12.7 Å². The molecule has 2 aliphatic rings. The standard InChI is InChI=1S/C19H30O7/c1-5-6-12(21)14-10(2)7-11(8-19(14,3)4)25-18-17(24)16(23)15(22)13(9-20)26-18/h5-6,11,13,15-18,20,22-24H,7-9H2,1-4H3/b6-5+/t11?,13-,15-,16+,17-,18-/m1/s1. The number of ketones is 1. The van der Waals surface area contributed by atoms with Crippen molar-refractivity contribution >= 4 is 5.78 Å². The molecule has 0 aromatic rings. The van der Waals surface area contributed by atoms with Crippen molar-refractivity contribution in [2.75, 3.05) is 6.61 Å². The van der Waals surface area contributed by atoms with Crippen LogP contribution >= 0.6 is 0 Å². The summed E-state index contributed by atoms with van der Waals surface area (Å²) in [5, 5.41) is 39.2. The Bertz CT molecular complexity index is 578. The molecular weight excluding hydrogens is 340 g/mol. The smallest absolute Gasteiger partial charge is 0.186 e. The van der Waals surface area contributed by atoms with E-state index < -0.39 is 42.7 Å². The van der Waals surface area contributed by atoms with E-state index in [4.69, 9.17) is 9.47 Å². The van der Waals surface area contributed by atoms with E-state index in [0.717, 1.165) is 11.1 Å². The Morgan fingerprint density at radius 1 is 1.27 bits per heavy atom. The summed E-state index contributed by atoms with van der Waals surface area (Å²) < 4.78 is 11.3. The summed E-state index contributed by atoms with van der Waals surface area (Å²) in [5.74, 6) is -0.0127. The van der Waals surface area contributed by atoms with E-state index in [1.54, 1.807) is 19.1 Å². The third-order valence-corrected chi connectivity index (χ3v) is 5.11. The molecular formula is C19H30O7. The van der Waals surface area contributed by atoms with E-state index in [1.165, 1.54) is 0 Å². The second-order valence-corrected chi connectivity index (χ2v) is 7.77. The molecule has 7 heteroatoms. The summed E-state index contributed by atoms with van der Waals surface area (Å²) in [6.45, 7) is 7.13. The average molecular weight is 370 g/mol. The fourth-order valence-corrected chi connectivity index (χ4v) is 4.01. The first kappa shape index (κ1) is 21.2. The van der Waals surface area contributed by atoms with Gasteiger partial charge in [-0.25, -0.2) is 0 Å². The second kappa shape index (κ2) is 8.29. The zero-order valence-electron chi connectivity index (χ0n) is 15.8. The van der Waals surface area contributed by atoms with E-state index in [1.807, 2.05) is 20.8 Å². The average Bonchev–Trinajstić information content (AvgIpc) is 2.54. The monoisotopic (exact) mass is 370 g/mol. The molecule has 7 nitrogen and oxygen atoms in total. The summed E-state index contributed by atoms with van der Waals surface area (Å²) in [5.41, 5.74) is 1.26. The van der Waals surface area contributed by atoms with Gasteiger partial charge in [0, 0.05) is 5.57 Å². The molecule has 0 bridgehead atoms. The minimum absolute atomic E-state index is 0.0127. The lowest BCUT2D eigenvalue weighted by Gasteiger charge is -2.43. The van der Waals surface area contributed by atoms with Crippen LogP contribution in [0.25, 0.3) is 0 Å². The first-order valence-corrected chi connectivity index (χ1v) is 8.95. The molecule has 1 saturated heterocycles. The Labute approximate surface area is 153 Å². The minimum Gasteiger partial charge on any atom is -0.394 e. The number of aliphatic hydroxyl groups is 4. The van der Waals surface area contributed by atoms with Gasteiger partial charge in [-0.1, -0.05) is 25.5 Å². The highest BCUT2D eigenvalue weighted by atomic mass is 16.7. The van der Waals surface area contributed by atoms with Gasteiger partial charge >= 0.3 is 0 Å². The zero-order valence-corrected chi connectivity index (χ0v) is 15.8. The van der Waals surface area contributed by atoms with Crippen molar-refractivity contribution < 1.29 is 34.7 Å². The molecule has 0 aromatic heterocycles. The Morgan fingerprint density at radius 3 is 2.46 bits per heavy atom. The predicted octanol–water partition coefficient (Wildman–Crippen LogP) is 0.453. The van der Waals surface area contributed by atoms with Crippen LogP contribution in [0.1, 0.15) is 40.5 Å². The van der Waals surface area contributed by atoms with E-state index in [-0.39, 0.29) is 11.9 Å². The Hall–Kier alpha value is -1.09. The van der Waals surface area contributed by atoms with Crippen molar-refractivity contribution in [1.29, 1.82) is 0 Å². The van der Waals surface area contributed by atoms with Crippen LogP contribution in [0.2, 0.25) is 0 Å². The van der Waals surface area contributed by atoms with Gasteiger partial charge in [0.2, 0.25) is 0 Å². The van der Waals surface area contributed by atoms with Crippen LogP contribution in [0.4, 0.5) is 0 Å². The molecule has 1 heterocycles. The largest absolute Gasteiger partial charge is 0.394 e. The van der Waals surface area contributed by atoms with Crippen LogP contribution in [0, 0.1) is 5.41 Å². The van der Waals surface area contributed by atoms with Crippen molar-refractivity contribution in [3.8, 4) is 0 Å². The third kappa shape index (κ3) is 4.24. The number of hydrogen-bond donors (Lipinski definition) is 4. The van der Waals surface area contributed by atoms with Crippen molar-refractivity contribution in [2.24, 2.45) is 5.41 Å². The number of allylic oxidation sites excluding steroid dienone is 3. The lowest BCUT2D eigenvalue weighted by atomic mass is 9.70. The van der Waals surface area contributed by atoms with Gasteiger partial charge in [-0.15, -0.1) is 0 Å². The van der Waals surface area contributed by atoms with Gasteiger partial charge in [0.1, 0.15) is 24.4 Å².